The van der Waals surface area contributed by atoms with Crippen molar-refractivity contribution in [2.45, 2.75) is 32.8 Å². The van der Waals surface area contributed by atoms with Crippen LogP contribution in [-0.2, 0) is 14.3 Å². The molecule has 3 heteroatoms. The summed E-state index contributed by atoms with van der Waals surface area (Å²) < 4.78 is 10.2. The molecule has 0 saturated carbocycles. The molecule has 12 heavy (non-hydrogen) atoms. The first-order chi connectivity index (χ1) is 5.75. The van der Waals surface area contributed by atoms with Gasteiger partial charge in [-0.15, -0.1) is 0 Å². The van der Waals surface area contributed by atoms with Gasteiger partial charge in [-0.2, -0.15) is 0 Å². The molecule has 3 nitrogen and oxygen atoms in total. The van der Waals surface area contributed by atoms with Gasteiger partial charge in [0, 0.05) is 6.61 Å². The Bertz CT molecular complexity index is 156. The summed E-state index contributed by atoms with van der Waals surface area (Å²) in [6.45, 7) is 5.19. The quantitative estimate of drug-likeness (QED) is 0.603. The van der Waals surface area contributed by atoms with Gasteiger partial charge in [-0.25, -0.2) is 4.79 Å². The van der Waals surface area contributed by atoms with Gasteiger partial charge in [0.05, 0.1) is 6.61 Å². The average molecular weight is 172 g/mol. The lowest BCUT2D eigenvalue weighted by atomic mass is 10.1. The van der Waals surface area contributed by atoms with E-state index in [4.69, 9.17) is 9.47 Å². The molecule has 1 aliphatic heterocycles. The van der Waals surface area contributed by atoms with Gasteiger partial charge in [-0.3, -0.25) is 0 Å². The Labute approximate surface area is 73.0 Å². The van der Waals surface area contributed by atoms with Gasteiger partial charge in [0.15, 0.2) is 6.10 Å². The second-order valence-electron chi connectivity index (χ2n) is 3.22. The molecule has 0 amide bonds. The lowest BCUT2D eigenvalue weighted by molar-refractivity contribution is -0.155. The van der Waals surface area contributed by atoms with E-state index in [-0.39, 0.29) is 12.1 Å². The highest BCUT2D eigenvalue weighted by Crippen LogP contribution is 2.20. The minimum absolute atomic E-state index is 0.193. The van der Waals surface area contributed by atoms with E-state index in [1.807, 2.05) is 13.8 Å². The molecule has 1 aliphatic rings. The van der Waals surface area contributed by atoms with Crippen molar-refractivity contribution < 1.29 is 14.3 Å². The van der Waals surface area contributed by atoms with Crippen LogP contribution in [0.25, 0.3) is 0 Å². The molecule has 1 fully saturated rings. The number of carbonyl (C=O) groups excluding carboxylic acids is 1. The Balaban J connectivity index is 2.30. The van der Waals surface area contributed by atoms with Gasteiger partial charge in [-0.05, 0) is 18.8 Å². The van der Waals surface area contributed by atoms with Gasteiger partial charge in [-0.1, -0.05) is 13.8 Å². The van der Waals surface area contributed by atoms with E-state index in [1.165, 1.54) is 0 Å². The van der Waals surface area contributed by atoms with Crippen LogP contribution >= 0.6 is 0 Å². The fourth-order valence-corrected chi connectivity index (χ4v) is 1.28. The molecule has 1 saturated heterocycles. The largest absolute Gasteiger partial charge is 0.464 e. The van der Waals surface area contributed by atoms with Crippen LogP contribution in [0, 0.1) is 5.92 Å². The lowest BCUT2D eigenvalue weighted by Crippen LogP contribution is -2.27. The third-order valence-electron chi connectivity index (χ3n) is 2.07. The van der Waals surface area contributed by atoms with Crippen molar-refractivity contribution >= 4 is 5.97 Å². The van der Waals surface area contributed by atoms with Crippen molar-refractivity contribution in [3.05, 3.63) is 0 Å². The molecule has 0 aromatic rings. The molecule has 0 N–H and O–H groups in total. The molecule has 0 bridgehead atoms. The first-order valence-corrected chi connectivity index (χ1v) is 4.54. The van der Waals surface area contributed by atoms with Crippen LogP contribution in [0.15, 0.2) is 0 Å². The Morgan fingerprint density at radius 2 is 2.42 bits per heavy atom. The zero-order chi connectivity index (χ0) is 8.97. The molecule has 0 radical (unpaired) electrons. The van der Waals surface area contributed by atoms with Crippen molar-refractivity contribution in [1.82, 2.24) is 0 Å². The van der Waals surface area contributed by atoms with Crippen LogP contribution in [0.4, 0.5) is 0 Å². The first-order valence-electron chi connectivity index (χ1n) is 4.54. The van der Waals surface area contributed by atoms with Crippen molar-refractivity contribution in [2.75, 3.05) is 13.2 Å². The fraction of sp³-hybridized carbons (Fsp3) is 0.889. The van der Waals surface area contributed by atoms with Crippen LogP contribution in [0.3, 0.4) is 0 Å². The molecule has 1 heterocycles. The summed E-state index contributed by atoms with van der Waals surface area (Å²) in [5.74, 6) is 0.121. The highest BCUT2D eigenvalue weighted by atomic mass is 16.6. The van der Waals surface area contributed by atoms with Gasteiger partial charge in [0.2, 0.25) is 0 Å². The van der Waals surface area contributed by atoms with Crippen molar-refractivity contribution in [3.8, 4) is 0 Å². The van der Waals surface area contributed by atoms with Gasteiger partial charge < -0.3 is 9.47 Å². The average Bonchev–Trinajstić information content (AvgIpc) is 2.47. The third-order valence-corrected chi connectivity index (χ3v) is 2.07. The van der Waals surface area contributed by atoms with E-state index >= 15 is 0 Å². The van der Waals surface area contributed by atoms with Crippen molar-refractivity contribution in [2.24, 2.45) is 5.92 Å². The SMILES string of the molecule is CCCOC(=O)C1OCCC1C. The Morgan fingerprint density at radius 3 is 2.92 bits per heavy atom. The second-order valence-corrected chi connectivity index (χ2v) is 3.22. The molecule has 0 aromatic heterocycles. The minimum Gasteiger partial charge on any atom is -0.464 e. The zero-order valence-electron chi connectivity index (χ0n) is 7.71. The number of hydrogen-bond donors (Lipinski definition) is 0. The van der Waals surface area contributed by atoms with E-state index in [0.717, 1.165) is 12.8 Å². The highest BCUT2D eigenvalue weighted by Gasteiger charge is 2.31. The van der Waals surface area contributed by atoms with E-state index < -0.39 is 0 Å². The number of esters is 1. The minimum atomic E-state index is -0.309. The van der Waals surface area contributed by atoms with Crippen LogP contribution in [0.1, 0.15) is 26.7 Å². The van der Waals surface area contributed by atoms with E-state index in [1.54, 1.807) is 0 Å². The molecule has 0 aromatic carbocycles. The van der Waals surface area contributed by atoms with E-state index in [2.05, 4.69) is 0 Å². The fourth-order valence-electron chi connectivity index (χ4n) is 1.28. The standard InChI is InChI=1S/C9H16O3/c1-3-5-12-9(10)8-7(2)4-6-11-8/h7-8H,3-6H2,1-2H3. The molecule has 2 atom stereocenters. The Hall–Kier alpha value is -0.570. The monoisotopic (exact) mass is 172 g/mol. The van der Waals surface area contributed by atoms with E-state index in [0.29, 0.717) is 19.1 Å². The summed E-state index contributed by atoms with van der Waals surface area (Å²) in [4.78, 5) is 11.3. The number of rotatable bonds is 3. The highest BCUT2D eigenvalue weighted by molar-refractivity contribution is 5.75. The van der Waals surface area contributed by atoms with Crippen LogP contribution in [-0.4, -0.2) is 25.3 Å². The number of hydrogen-bond acceptors (Lipinski definition) is 3. The van der Waals surface area contributed by atoms with Crippen LogP contribution in [0.5, 0.6) is 0 Å². The molecule has 1 rings (SSSR count). The Morgan fingerprint density at radius 1 is 1.67 bits per heavy atom. The predicted octanol–water partition coefficient (Wildman–Crippen LogP) is 1.36. The van der Waals surface area contributed by atoms with Gasteiger partial charge in [0.1, 0.15) is 0 Å². The maximum absolute atomic E-state index is 11.3. The van der Waals surface area contributed by atoms with Gasteiger partial charge in [0.25, 0.3) is 0 Å². The molecular weight excluding hydrogens is 156 g/mol. The second kappa shape index (κ2) is 4.45. The molecular formula is C9H16O3. The summed E-state index contributed by atoms with van der Waals surface area (Å²) in [5.41, 5.74) is 0. The normalized spacial score (nSPS) is 28.8. The third kappa shape index (κ3) is 2.21. The van der Waals surface area contributed by atoms with Crippen molar-refractivity contribution in [1.29, 1.82) is 0 Å². The summed E-state index contributed by atoms with van der Waals surface area (Å²) in [6.07, 6.45) is 1.52. The summed E-state index contributed by atoms with van der Waals surface area (Å²) >= 11 is 0. The zero-order valence-corrected chi connectivity index (χ0v) is 7.71. The number of carbonyl (C=O) groups is 1. The number of ether oxygens (including phenoxy) is 2. The molecule has 2 unspecified atom stereocenters. The smallest absolute Gasteiger partial charge is 0.335 e. The maximum Gasteiger partial charge on any atom is 0.335 e. The van der Waals surface area contributed by atoms with Crippen molar-refractivity contribution in [3.63, 3.8) is 0 Å². The summed E-state index contributed by atoms with van der Waals surface area (Å²) in [7, 11) is 0. The maximum atomic E-state index is 11.3. The van der Waals surface area contributed by atoms with Crippen LogP contribution < -0.4 is 0 Å². The van der Waals surface area contributed by atoms with E-state index in [9.17, 15) is 4.79 Å². The Kier molecular flexibility index (Phi) is 3.53. The lowest BCUT2D eigenvalue weighted by Gasteiger charge is -2.12. The summed E-state index contributed by atoms with van der Waals surface area (Å²) in [6, 6.07) is 0. The molecule has 0 aliphatic carbocycles. The summed E-state index contributed by atoms with van der Waals surface area (Å²) in [5, 5.41) is 0. The molecule has 70 valence electrons. The topological polar surface area (TPSA) is 35.5 Å². The predicted molar refractivity (Wildman–Crippen MR) is 44.8 cm³/mol. The first kappa shape index (κ1) is 9.52. The van der Waals surface area contributed by atoms with Gasteiger partial charge >= 0.3 is 5.97 Å². The molecule has 0 spiro atoms. The van der Waals surface area contributed by atoms with Crippen LogP contribution in [0.2, 0.25) is 0 Å².